The predicted octanol–water partition coefficient (Wildman–Crippen LogP) is 2.81. The van der Waals surface area contributed by atoms with Crippen LogP contribution in [0.3, 0.4) is 0 Å². The van der Waals surface area contributed by atoms with Crippen LogP contribution in [0.4, 0.5) is 0 Å². The Bertz CT molecular complexity index is 772. The molecule has 128 valence electrons. The summed E-state index contributed by atoms with van der Waals surface area (Å²) in [4.78, 5) is 24.0. The van der Waals surface area contributed by atoms with E-state index in [4.69, 9.17) is 0 Å². The van der Waals surface area contributed by atoms with Crippen LogP contribution in [0, 0.1) is 13.8 Å². The normalized spacial score (nSPS) is 12.7. The first-order valence-corrected chi connectivity index (χ1v) is 7.75. The van der Waals surface area contributed by atoms with Gasteiger partial charge in [-0.3, -0.25) is 9.48 Å². The third-order valence-electron chi connectivity index (χ3n) is 3.92. The van der Waals surface area contributed by atoms with E-state index < -0.39 is 17.9 Å². The fourth-order valence-corrected chi connectivity index (χ4v) is 2.25. The van der Waals surface area contributed by atoms with Gasteiger partial charge in [-0.1, -0.05) is 18.2 Å². The Morgan fingerprint density at radius 2 is 1.88 bits per heavy atom. The Morgan fingerprint density at radius 3 is 2.38 bits per heavy atom. The molecule has 6 heteroatoms. The topological polar surface area (TPSA) is 84.2 Å². The summed E-state index contributed by atoms with van der Waals surface area (Å²) in [6.45, 7) is 9.77. The lowest BCUT2D eigenvalue weighted by atomic mass is 10.0. The number of carboxylic acids is 1. The molecular formula is C18H23N3O3. The van der Waals surface area contributed by atoms with Gasteiger partial charge in [0, 0.05) is 6.20 Å². The summed E-state index contributed by atoms with van der Waals surface area (Å²) < 4.78 is 1.67. The molecule has 0 aliphatic carbocycles. The van der Waals surface area contributed by atoms with Crippen LogP contribution in [0.2, 0.25) is 0 Å². The highest BCUT2D eigenvalue weighted by atomic mass is 16.4. The second-order valence-corrected chi connectivity index (χ2v) is 6.93. The highest BCUT2D eigenvalue weighted by Gasteiger charge is 2.24. The van der Waals surface area contributed by atoms with Crippen molar-refractivity contribution in [2.24, 2.45) is 0 Å². The molecule has 2 rings (SSSR count). The van der Waals surface area contributed by atoms with Crippen molar-refractivity contribution in [1.82, 2.24) is 15.1 Å². The number of rotatable bonds is 4. The first-order chi connectivity index (χ1) is 11.1. The zero-order valence-electron chi connectivity index (χ0n) is 14.6. The van der Waals surface area contributed by atoms with E-state index in [1.54, 1.807) is 23.0 Å². The second-order valence-electron chi connectivity index (χ2n) is 6.93. The van der Waals surface area contributed by atoms with E-state index in [2.05, 4.69) is 10.4 Å². The molecule has 0 radical (unpaired) electrons. The van der Waals surface area contributed by atoms with Gasteiger partial charge in [0.15, 0.2) is 6.04 Å². The van der Waals surface area contributed by atoms with Crippen LogP contribution in [0.25, 0.3) is 0 Å². The molecule has 1 atom stereocenters. The number of carboxylic acid groups (broad SMARTS) is 1. The number of carbonyl (C=O) groups excluding carboxylic acids is 1. The molecule has 2 aromatic rings. The average Bonchev–Trinajstić information content (AvgIpc) is 2.97. The van der Waals surface area contributed by atoms with E-state index in [0.29, 0.717) is 11.1 Å². The van der Waals surface area contributed by atoms with E-state index in [1.165, 1.54) is 6.20 Å². The van der Waals surface area contributed by atoms with Crippen molar-refractivity contribution in [1.29, 1.82) is 0 Å². The van der Waals surface area contributed by atoms with Crippen LogP contribution >= 0.6 is 0 Å². The molecular weight excluding hydrogens is 306 g/mol. The summed E-state index contributed by atoms with van der Waals surface area (Å²) in [6, 6.07) is 4.26. The molecule has 0 fully saturated rings. The van der Waals surface area contributed by atoms with E-state index in [1.807, 2.05) is 40.7 Å². The Labute approximate surface area is 141 Å². The number of nitrogens with one attached hydrogen (secondary N) is 1. The molecule has 24 heavy (non-hydrogen) atoms. The van der Waals surface area contributed by atoms with Crippen LogP contribution in [-0.4, -0.2) is 26.8 Å². The van der Waals surface area contributed by atoms with Gasteiger partial charge in [-0.2, -0.15) is 5.10 Å². The minimum Gasteiger partial charge on any atom is -0.479 e. The fourth-order valence-electron chi connectivity index (χ4n) is 2.25. The SMILES string of the molecule is Cc1ccc(C(NC(=O)c2cnn(C(C)(C)C)c2)C(=O)O)cc1C. The van der Waals surface area contributed by atoms with E-state index in [0.717, 1.165) is 11.1 Å². The van der Waals surface area contributed by atoms with Crippen molar-refractivity contribution >= 4 is 11.9 Å². The Morgan fingerprint density at radius 1 is 1.21 bits per heavy atom. The standard InChI is InChI=1S/C18H23N3O3/c1-11-6-7-13(8-12(11)2)15(17(23)24)20-16(22)14-9-19-21(10-14)18(3,4)5/h6-10,15H,1-5H3,(H,20,22)(H,23,24). The van der Waals surface area contributed by atoms with Crippen molar-refractivity contribution in [3.8, 4) is 0 Å². The summed E-state index contributed by atoms with van der Waals surface area (Å²) in [5.41, 5.74) is 2.68. The molecule has 1 heterocycles. The maximum Gasteiger partial charge on any atom is 0.330 e. The number of amides is 1. The Hall–Kier alpha value is -2.63. The third-order valence-corrected chi connectivity index (χ3v) is 3.92. The smallest absolute Gasteiger partial charge is 0.330 e. The lowest BCUT2D eigenvalue weighted by Crippen LogP contribution is -2.33. The van der Waals surface area contributed by atoms with Gasteiger partial charge in [0.2, 0.25) is 0 Å². The summed E-state index contributed by atoms with van der Waals surface area (Å²) >= 11 is 0. The van der Waals surface area contributed by atoms with Gasteiger partial charge >= 0.3 is 5.97 Å². The van der Waals surface area contributed by atoms with Crippen molar-refractivity contribution in [2.75, 3.05) is 0 Å². The summed E-state index contributed by atoms with van der Waals surface area (Å²) in [7, 11) is 0. The molecule has 0 spiro atoms. The molecule has 1 unspecified atom stereocenters. The van der Waals surface area contributed by atoms with Gasteiger partial charge in [-0.25, -0.2) is 4.79 Å². The zero-order chi connectivity index (χ0) is 18.1. The molecule has 0 aliphatic rings. The average molecular weight is 329 g/mol. The maximum atomic E-state index is 12.4. The van der Waals surface area contributed by atoms with Crippen LogP contribution in [0.5, 0.6) is 0 Å². The van der Waals surface area contributed by atoms with Crippen molar-refractivity contribution in [3.63, 3.8) is 0 Å². The monoisotopic (exact) mass is 329 g/mol. The highest BCUT2D eigenvalue weighted by molar-refractivity contribution is 5.96. The molecule has 0 saturated carbocycles. The minimum atomic E-state index is -1.10. The lowest BCUT2D eigenvalue weighted by Gasteiger charge is -2.19. The number of carbonyl (C=O) groups is 2. The van der Waals surface area contributed by atoms with Gasteiger partial charge in [-0.05, 0) is 51.3 Å². The fraction of sp³-hybridized carbons (Fsp3) is 0.389. The largest absolute Gasteiger partial charge is 0.479 e. The van der Waals surface area contributed by atoms with Gasteiger partial charge in [-0.15, -0.1) is 0 Å². The molecule has 1 aromatic carbocycles. The maximum absolute atomic E-state index is 12.4. The van der Waals surface area contributed by atoms with Crippen molar-refractivity contribution < 1.29 is 14.7 Å². The summed E-state index contributed by atoms with van der Waals surface area (Å²) in [5.74, 6) is -1.56. The molecule has 2 N–H and O–H groups in total. The van der Waals surface area contributed by atoms with Crippen LogP contribution in [0.1, 0.15) is 53.9 Å². The van der Waals surface area contributed by atoms with Crippen molar-refractivity contribution in [3.05, 3.63) is 52.8 Å². The van der Waals surface area contributed by atoms with E-state index in [9.17, 15) is 14.7 Å². The zero-order valence-corrected chi connectivity index (χ0v) is 14.6. The Kier molecular flexibility index (Phi) is 4.78. The van der Waals surface area contributed by atoms with Crippen LogP contribution in [0.15, 0.2) is 30.6 Å². The number of benzene rings is 1. The van der Waals surface area contributed by atoms with Gasteiger partial charge < -0.3 is 10.4 Å². The number of aliphatic carboxylic acids is 1. The number of hydrogen-bond donors (Lipinski definition) is 2. The lowest BCUT2D eigenvalue weighted by molar-refractivity contribution is -0.139. The van der Waals surface area contributed by atoms with Gasteiger partial charge in [0.25, 0.3) is 5.91 Å². The van der Waals surface area contributed by atoms with Crippen molar-refractivity contribution in [2.45, 2.75) is 46.2 Å². The number of hydrogen-bond acceptors (Lipinski definition) is 3. The molecule has 1 aromatic heterocycles. The Balaban J connectivity index is 2.24. The molecule has 0 saturated heterocycles. The predicted molar refractivity (Wildman–Crippen MR) is 91.0 cm³/mol. The summed E-state index contributed by atoms with van der Waals surface area (Å²) in [6.07, 6.45) is 3.06. The third kappa shape index (κ3) is 3.82. The summed E-state index contributed by atoms with van der Waals surface area (Å²) in [5, 5.41) is 16.2. The molecule has 0 bridgehead atoms. The first kappa shape index (κ1) is 17.7. The number of nitrogens with zero attached hydrogens (tertiary/aromatic N) is 2. The van der Waals surface area contributed by atoms with Crippen LogP contribution in [-0.2, 0) is 10.3 Å². The molecule has 0 aliphatic heterocycles. The molecule has 6 nitrogen and oxygen atoms in total. The van der Waals surface area contributed by atoms with E-state index >= 15 is 0 Å². The van der Waals surface area contributed by atoms with E-state index in [-0.39, 0.29) is 5.54 Å². The van der Waals surface area contributed by atoms with Gasteiger partial charge in [0.1, 0.15) is 0 Å². The van der Waals surface area contributed by atoms with Gasteiger partial charge in [0.05, 0.1) is 17.3 Å². The quantitative estimate of drug-likeness (QED) is 0.903. The van der Waals surface area contributed by atoms with Crippen LogP contribution < -0.4 is 5.32 Å². The highest BCUT2D eigenvalue weighted by Crippen LogP contribution is 2.19. The second kappa shape index (κ2) is 6.47. The number of aryl methyl sites for hydroxylation is 2. The first-order valence-electron chi connectivity index (χ1n) is 7.75. The molecule has 1 amide bonds. The minimum absolute atomic E-state index is 0.251. The number of aromatic nitrogens is 2.